The number of nitrogens with one attached hydrogen (secondary N) is 3. The molecule has 1 aromatic heterocycles. The maximum atomic E-state index is 4.48. The minimum atomic E-state index is 0.326. The molecule has 0 spiro atoms. The van der Waals surface area contributed by atoms with Gasteiger partial charge in [0.25, 0.3) is 0 Å². The van der Waals surface area contributed by atoms with Gasteiger partial charge in [0.2, 0.25) is 17.8 Å². The molecule has 32 heavy (non-hydrogen) atoms. The molecule has 0 amide bonds. The van der Waals surface area contributed by atoms with Crippen molar-refractivity contribution in [1.29, 1.82) is 0 Å². The Morgan fingerprint density at radius 3 is 1.66 bits per heavy atom. The van der Waals surface area contributed by atoms with E-state index in [4.69, 9.17) is 0 Å². The van der Waals surface area contributed by atoms with E-state index < -0.39 is 0 Å². The highest BCUT2D eigenvalue weighted by Gasteiger charge is 2.07. The van der Waals surface area contributed by atoms with Gasteiger partial charge in [-0.2, -0.15) is 20.1 Å². The van der Waals surface area contributed by atoms with Crippen LogP contribution in [0.25, 0.3) is 0 Å². The summed E-state index contributed by atoms with van der Waals surface area (Å²) >= 11 is 0. The van der Waals surface area contributed by atoms with Gasteiger partial charge < -0.3 is 10.6 Å². The molecule has 3 N–H and O–H groups in total. The summed E-state index contributed by atoms with van der Waals surface area (Å²) in [5, 5.41) is 10.7. The number of para-hydroxylation sites is 2. The van der Waals surface area contributed by atoms with Crippen molar-refractivity contribution in [2.45, 2.75) is 19.8 Å². The van der Waals surface area contributed by atoms with E-state index in [0.717, 1.165) is 16.9 Å². The van der Waals surface area contributed by atoms with Gasteiger partial charge in [0.15, 0.2) is 0 Å². The van der Waals surface area contributed by atoms with Crippen molar-refractivity contribution in [2.75, 3.05) is 16.1 Å². The van der Waals surface area contributed by atoms with Gasteiger partial charge in [-0.25, -0.2) is 5.43 Å². The van der Waals surface area contributed by atoms with Crippen LogP contribution >= 0.6 is 0 Å². The average molecular weight is 424 g/mol. The molecule has 0 fully saturated rings. The fourth-order valence-electron chi connectivity index (χ4n) is 2.97. The minimum absolute atomic E-state index is 0.326. The lowest BCUT2D eigenvalue weighted by Crippen LogP contribution is -2.07. The fraction of sp³-hybridized carbons (Fsp3) is 0.120. The number of anilines is 5. The maximum Gasteiger partial charge on any atom is 0.250 e. The summed E-state index contributed by atoms with van der Waals surface area (Å²) in [5.74, 6) is 1.63. The number of rotatable bonds is 8. The molecule has 3 aromatic carbocycles. The Hall–Kier alpha value is -4.26. The van der Waals surface area contributed by atoms with Crippen molar-refractivity contribution in [3.8, 4) is 0 Å². The molecule has 0 aliphatic rings. The van der Waals surface area contributed by atoms with Gasteiger partial charge in [-0.3, -0.25) is 0 Å². The van der Waals surface area contributed by atoms with Crippen molar-refractivity contribution < 1.29 is 0 Å². The summed E-state index contributed by atoms with van der Waals surface area (Å²) in [6.07, 6.45) is 1.74. The van der Waals surface area contributed by atoms with Crippen molar-refractivity contribution in [2.24, 2.45) is 5.10 Å². The molecule has 0 saturated heterocycles. The molecule has 0 saturated carbocycles. The quantitative estimate of drug-likeness (QED) is 0.241. The molecule has 0 unspecified atom stereocenters. The lowest BCUT2D eigenvalue weighted by atomic mass is 10.0. The first-order valence-corrected chi connectivity index (χ1v) is 10.4. The second-order valence-corrected chi connectivity index (χ2v) is 7.48. The Balaban J connectivity index is 1.53. The molecule has 0 bridgehead atoms. The summed E-state index contributed by atoms with van der Waals surface area (Å²) < 4.78 is 0. The average Bonchev–Trinajstić information content (AvgIpc) is 2.81. The van der Waals surface area contributed by atoms with Crippen LogP contribution < -0.4 is 16.1 Å². The Labute approximate surface area is 187 Å². The van der Waals surface area contributed by atoms with E-state index in [1.54, 1.807) is 6.21 Å². The number of benzene rings is 3. The molecular formula is C25H25N7. The van der Waals surface area contributed by atoms with Crippen LogP contribution in [-0.4, -0.2) is 21.2 Å². The predicted molar refractivity (Wildman–Crippen MR) is 131 cm³/mol. The van der Waals surface area contributed by atoms with Crippen LogP contribution in [0.2, 0.25) is 0 Å². The van der Waals surface area contributed by atoms with E-state index in [-0.39, 0.29) is 0 Å². The largest absolute Gasteiger partial charge is 0.324 e. The molecule has 160 valence electrons. The van der Waals surface area contributed by atoms with E-state index in [1.165, 1.54) is 5.56 Å². The van der Waals surface area contributed by atoms with Crippen molar-refractivity contribution in [3.05, 3.63) is 96.1 Å². The number of nitrogens with zero attached hydrogens (tertiary/aromatic N) is 4. The van der Waals surface area contributed by atoms with E-state index in [9.17, 15) is 0 Å². The summed E-state index contributed by atoms with van der Waals surface area (Å²) in [5.41, 5.74) is 6.95. The molecule has 4 aromatic rings. The van der Waals surface area contributed by atoms with Gasteiger partial charge in [-0.05, 0) is 41.3 Å². The molecule has 0 aliphatic carbocycles. The van der Waals surface area contributed by atoms with Crippen molar-refractivity contribution >= 4 is 35.4 Å². The Bertz CT molecular complexity index is 1100. The van der Waals surface area contributed by atoms with Gasteiger partial charge in [0.05, 0.1) is 6.21 Å². The van der Waals surface area contributed by atoms with Crippen LogP contribution in [0.3, 0.4) is 0 Å². The second kappa shape index (κ2) is 10.2. The molecule has 1 heterocycles. The van der Waals surface area contributed by atoms with Crippen LogP contribution in [0.15, 0.2) is 90.0 Å². The molecule has 0 radical (unpaired) electrons. The highest BCUT2D eigenvalue weighted by molar-refractivity contribution is 5.80. The van der Waals surface area contributed by atoms with E-state index in [2.05, 4.69) is 62.1 Å². The number of hydrogen-bond donors (Lipinski definition) is 3. The van der Waals surface area contributed by atoms with Crippen LogP contribution in [0.1, 0.15) is 30.9 Å². The SMILES string of the molecule is CC(C)c1ccc(C=NNc2nc(Nc3ccccc3)nc(Nc3ccccc3)n2)cc1. The zero-order chi connectivity index (χ0) is 22.2. The van der Waals surface area contributed by atoms with Crippen LogP contribution in [-0.2, 0) is 0 Å². The fourth-order valence-corrected chi connectivity index (χ4v) is 2.97. The molecule has 7 heteroatoms. The van der Waals surface area contributed by atoms with E-state index in [1.807, 2.05) is 72.8 Å². The van der Waals surface area contributed by atoms with Gasteiger partial charge in [0, 0.05) is 11.4 Å². The Morgan fingerprint density at radius 2 is 1.16 bits per heavy atom. The molecule has 7 nitrogen and oxygen atoms in total. The maximum absolute atomic E-state index is 4.48. The third-order valence-corrected chi connectivity index (χ3v) is 4.68. The Morgan fingerprint density at radius 1 is 0.656 bits per heavy atom. The smallest absolute Gasteiger partial charge is 0.250 e. The third kappa shape index (κ3) is 5.89. The third-order valence-electron chi connectivity index (χ3n) is 4.68. The summed E-state index contributed by atoms with van der Waals surface area (Å²) in [6, 6.07) is 27.8. The normalized spacial score (nSPS) is 11.0. The molecular weight excluding hydrogens is 398 g/mol. The number of aromatic nitrogens is 3. The highest BCUT2D eigenvalue weighted by Crippen LogP contribution is 2.18. The van der Waals surface area contributed by atoms with E-state index >= 15 is 0 Å². The highest BCUT2D eigenvalue weighted by atomic mass is 15.4. The van der Waals surface area contributed by atoms with Gasteiger partial charge in [-0.1, -0.05) is 74.5 Å². The lowest BCUT2D eigenvalue weighted by Gasteiger charge is -2.10. The molecule has 4 rings (SSSR count). The number of hydrazone groups is 1. The number of hydrogen-bond acceptors (Lipinski definition) is 7. The van der Waals surface area contributed by atoms with Gasteiger partial charge in [-0.15, -0.1) is 0 Å². The first-order chi connectivity index (χ1) is 15.7. The predicted octanol–water partition coefficient (Wildman–Crippen LogP) is 5.93. The van der Waals surface area contributed by atoms with E-state index in [0.29, 0.717) is 23.8 Å². The van der Waals surface area contributed by atoms with Crippen molar-refractivity contribution in [1.82, 2.24) is 15.0 Å². The first-order valence-electron chi connectivity index (χ1n) is 10.4. The van der Waals surface area contributed by atoms with Gasteiger partial charge in [0.1, 0.15) is 0 Å². The van der Waals surface area contributed by atoms with Gasteiger partial charge >= 0.3 is 0 Å². The minimum Gasteiger partial charge on any atom is -0.324 e. The zero-order valence-electron chi connectivity index (χ0n) is 18.0. The van der Waals surface area contributed by atoms with Crippen molar-refractivity contribution in [3.63, 3.8) is 0 Å². The van der Waals surface area contributed by atoms with Crippen LogP contribution in [0.4, 0.5) is 29.2 Å². The van der Waals surface area contributed by atoms with Crippen LogP contribution in [0.5, 0.6) is 0 Å². The summed E-state index contributed by atoms with van der Waals surface area (Å²) in [6.45, 7) is 4.35. The standard InChI is InChI=1S/C25H25N7/c1-18(2)20-15-13-19(14-16-20)17-26-32-25-30-23(27-21-9-5-3-6-10-21)29-24(31-25)28-22-11-7-4-8-12-22/h3-18H,1-2H3,(H3,27,28,29,30,31,32). The van der Waals surface area contributed by atoms with Crippen LogP contribution in [0, 0.1) is 0 Å². The monoisotopic (exact) mass is 423 g/mol. The lowest BCUT2D eigenvalue weighted by molar-refractivity contribution is 0.866. The molecule has 0 atom stereocenters. The topological polar surface area (TPSA) is 87.1 Å². The summed E-state index contributed by atoms with van der Waals surface area (Å²) in [7, 11) is 0. The zero-order valence-corrected chi connectivity index (χ0v) is 18.0. The molecule has 0 aliphatic heterocycles. The first kappa shape index (κ1) is 21.0. The second-order valence-electron chi connectivity index (χ2n) is 7.48. The summed E-state index contributed by atoms with van der Waals surface area (Å²) in [4.78, 5) is 13.4. The Kier molecular flexibility index (Phi) is 6.67.